The summed E-state index contributed by atoms with van der Waals surface area (Å²) in [6.07, 6.45) is 1.23. The van der Waals surface area contributed by atoms with Crippen molar-refractivity contribution in [3.63, 3.8) is 0 Å². The van der Waals surface area contributed by atoms with E-state index in [1.165, 1.54) is 12.0 Å². The van der Waals surface area contributed by atoms with Crippen LogP contribution in [0.1, 0.15) is 38.8 Å². The normalized spacial score (nSPS) is 14.3. The molecule has 0 heterocycles. The summed E-state index contributed by atoms with van der Waals surface area (Å²) in [6.45, 7) is 9.80. The summed E-state index contributed by atoms with van der Waals surface area (Å²) in [5.41, 5.74) is 1.24. The third kappa shape index (κ3) is 5.14. The Bertz CT molecular complexity index is 381. The summed E-state index contributed by atoms with van der Waals surface area (Å²) in [5.74, 6) is 1.70. The minimum absolute atomic E-state index is 0.310. The molecule has 2 unspecified atom stereocenters. The summed E-state index contributed by atoms with van der Waals surface area (Å²) in [7, 11) is 3.94. The lowest BCUT2D eigenvalue weighted by Crippen LogP contribution is -2.35. The van der Waals surface area contributed by atoms with Crippen molar-refractivity contribution in [2.24, 2.45) is 5.92 Å². The zero-order chi connectivity index (χ0) is 15.0. The number of methoxy groups -OCH3 is 1. The van der Waals surface area contributed by atoms with Crippen LogP contribution in [0, 0.1) is 5.92 Å². The summed E-state index contributed by atoms with van der Waals surface area (Å²) in [4.78, 5) is 2.41. The molecule has 0 fully saturated rings. The van der Waals surface area contributed by atoms with Crippen molar-refractivity contribution in [2.45, 2.75) is 33.2 Å². The van der Waals surface area contributed by atoms with Gasteiger partial charge in [-0.2, -0.15) is 0 Å². The highest BCUT2D eigenvalue weighted by Crippen LogP contribution is 2.25. The Hall–Kier alpha value is -1.06. The Kier molecular flexibility index (Phi) is 7.63. The Labute approximate surface area is 124 Å². The predicted octanol–water partition coefficient (Wildman–Crippen LogP) is 3.32. The van der Waals surface area contributed by atoms with Crippen molar-refractivity contribution >= 4 is 0 Å². The van der Waals surface area contributed by atoms with Crippen LogP contribution < -0.4 is 10.1 Å². The van der Waals surface area contributed by atoms with Gasteiger partial charge in [0.25, 0.3) is 0 Å². The Balaban J connectivity index is 2.77. The topological polar surface area (TPSA) is 24.5 Å². The van der Waals surface area contributed by atoms with Gasteiger partial charge in [0.2, 0.25) is 0 Å². The van der Waals surface area contributed by atoms with Gasteiger partial charge in [0.15, 0.2) is 0 Å². The van der Waals surface area contributed by atoms with E-state index in [4.69, 9.17) is 4.74 Å². The molecule has 0 aliphatic rings. The molecular weight excluding hydrogens is 248 g/mol. The van der Waals surface area contributed by atoms with Crippen LogP contribution in [-0.2, 0) is 0 Å². The zero-order valence-electron chi connectivity index (χ0n) is 13.6. The average molecular weight is 278 g/mol. The second-order valence-electron chi connectivity index (χ2n) is 5.59. The molecule has 1 N–H and O–H groups in total. The first-order chi connectivity index (χ1) is 9.62. The lowest BCUT2D eigenvalue weighted by molar-refractivity contribution is 0.251. The van der Waals surface area contributed by atoms with Crippen LogP contribution in [0.4, 0.5) is 0 Å². The van der Waals surface area contributed by atoms with Gasteiger partial charge in [-0.15, -0.1) is 0 Å². The Morgan fingerprint density at radius 3 is 2.50 bits per heavy atom. The first kappa shape index (κ1) is 17.0. The summed E-state index contributed by atoms with van der Waals surface area (Å²) < 4.78 is 5.50. The summed E-state index contributed by atoms with van der Waals surface area (Å²) >= 11 is 0. The molecule has 20 heavy (non-hydrogen) atoms. The number of nitrogens with one attached hydrogen (secondary N) is 1. The molecule has 0 saturated heterocycles. The second kappa shape index (κ2) is 8.98. The lowest BCUT2D eigenvalue weighted by Gasteiger charge is -2.27. The fourth-order valence-electron chi connectivity index (χ4n) is 2.52. The first-order valence-electron chi connectivity index (χ1n) is 7.67. The molecule has 0 aliphatic heterocycles. The fourth-order valence-corrected chi connectivity index (χ4v) is 2.52. The largest absolute Gasteiger partial charge is 0.496 e. The number of rotatable bonds is 9. The number of hydrogen-bond donors (Lipinski definition) is 1. The van der Waals surface area contributed by atoms with Crippen molar-refractivity contribution < 1.29 is 4.74 Å². The van der Waals surface area contributed by atoms with Gasteiger partial charge in [0.1, 0.15) is 5.75 Å². The first-order valence-corrected chi connectivity index (χ1v) is 7.67. The molecule has 0 bridgehead atoms. The number of hydrogen-bond acceptors (Lipinski definition) is 3. The Morgan fingerprint density at radius 2 is 1.90 bits per heavy atom. The number of ether oxygens (including phenoxy) is 1. The highest BCUT2D eigenvalue weighted by atomic mass is 16.5. The van der Waals surface area contributed by atoms with Gasteiger partial charge in [0.05, 0.1) is 7.11 Å². The van der Waals surface area contributed by atoms with Gasteiger partial charge in [0, 0.05) is 24.7 Å². The number of nitrogens with zero attached hydrogens (tertiary/aromatic N) is 1. The molecule has 1 rings (SSSR count). The van der Waals surface area contributed by atoms with E-state index in [0.29, 0.717) is 6.04 Å². The maximum atomic E-state index is 5.50. The zero-order valence-corrected chi connectivity index (χ0v) is 13.6. The highest BCUT2D eigenvalue weighted by molar-refractivity contribution is 5.36. The summed E-state index contributed by atoms with van der Waals surface area (Å²) in [5, 5.41) is 3.57. The van der Waals surface area contributed by atoms with E-state index in [2.05, 4.69) is 50.2 Å². The van der Waals surface area contributed by atoms with E-state index in [0.717, 1.165) is 31.3 Å². The van der Waals surface area contributed by atoms with E-state index in [1.54, 1.807) is 7.11 Å². The predicted molar refractivity (Wildman–Crippen MR) is 86.4 cm³/mol. The van der Waals surface area contributed by atoms with Crippen molar-refractivity contribution in [2.75, 3.05) is 33.8 Å². The highest BCUT2D eigenvalue weighted by Gasteiger charge is 2.17. The van der Waals surface area contributed by atoms with Crippen LogP contribution in [0.2, 0.25) is 0 Å². The van der Waals surface area contributed by atoms with Crippen molar-refractivity contribution in [3.8, 4) is 5.75 Å². The number of benzene rings is 1. The maximum absolute atomic E-state index is 5.50. The molecule has 1 aromatic carbocycles. The lowest BCUT2D eigenvalue weighted by atomic mass is 10.0. The molecule has 0 radical (unpaired) electrons. The van der Waals surface area contributed by atoms with E-state index in [9.17, 15) is 0 Å². The van der Waals surface area contributed by atoms with Gasteiger partial charge in [-0.05, 0) is 25.6 Å². The van der Waals surface area contributed by atoms with Gasteiger partial charge in [-0.25, -0.2) is 0 Å². The molecule has 2 atom stereocenters. The van der Waals surface area contributed by atoms with E-state index in [1.807, 2.05) is 12.1 Å². The molecule has 3 nitrogen and oxygen atoms in total. The molecule has 114 valence electrons. The van der Waals surface area contributed by atoms with Crippen molar-refractivity contribution in [1.82, 2.24) is 10.2 Å². The van der Waals surface area contributed by atoms with Gasteiger partial charge in [-0.1, -0.05) is 45.4 Å². The molecule has 1 aromatic rings. The van der Waals surface area contributed by atoms with E-state index in [-0.39, 0.29) is 0 Å². The van der Waals surface area contributed by atoms with Gasteiger partial charge < -0.3 is 15.0 Å². The third-order valence-corrected chi connectivity index (χ3v) is 3.78. The minimum atomic E-state index is 0.310. The van der Waals surface area contributed by atoms with E-state index >= 15 is 0 Å². The monoisotopic (exact) mass is 278 g/mol. The van der Waals surface area contributed by atoms with Crippen LogP contribution >= 0.6 is 0 Å². The molecule has 3 heteroatoms. The average Bonchev–Trinajstić information content (AvgIpc) is 2.46. The van der Waals surface area contributed by atoms with Gasteiger partial charge >= 0.3 is 0 Å². The van der Waals surface area contributed by atoms with Crippen LogP contribution in [-0.4, -0.2) is 38.7 Å². The molecule has 0 amide bonds. The number of para-hydroxylation sites is 1. The van der Waals surface area contributed by atoms with Crippen LogP contribution in [0.15, 0.2) is 24.3 Å². The SMILES string of the molecule is CCNC(CN(C)CC(C)CC)c1ccccc1OC. The quantitative estimate of drug-likeness (QED) is 0.750. The van der Waals surface area contributed by atoms with E-state index < -0.39 is 0 Å². The maximum Gasteiger partial charge on any atom is 0.123 e. The van der Waals surface area contributed by atoms with Crippen LogP contribution in [0.3, 0.4) is 0 Å². The van der Waals surface area contributed by atoms with Crippen LogP contribution in [0.5, 0.6) is 5.75 Å². The fraction of sp³-hybridized carbons (Fsp3) is 0.647. The molecule has 0 aromatic heterocycles. The summed E-state index contributed by atoms with van der Waals surface area (Å²) in [6, 6.07) is 8.60. The van der Waals surface area contributed by atoms with Crippen LogP contribution in [0.25, 0.3) is 0 Å². The smallest absolute Gasteiger partial charge is 0.123 e. The molecule has 0 spiro atoms. The minimum Gasteiger partial charge on any atom is -0.496 e. The standard InChI is InChI=1S/C17H30N2O/c1-6-14(3)12-19(4)13-16(18-7-2)15-10-8-9-11-17(15)20-5/h8-11,14,16,18H,6-7,12-13H2,1-5H3. The third-order valence-electron chi connectivity index (χ3n) is 3.78. The molecular formula is C17H30N2O. The van der Waals surface area contributed by atoms with Gasteiger partial charge in [-0.3, -0.25) is 0 Å². The number of likely N-dealkylation sites (N-methyl/N-ethyl adjacent to an activating group) is 2. The second-order valence-corrected chi connectivity index (χ2v) is 5.59. The van der Waals surface area contributed by atoms with Crippen molar-refractivity contribution in [1.29, 1.82) is 0 Å². The van der Waals surface area contributed by atoms with Crippen molar-refractivity contribution in [3.05, 3.63) is 29.8 Å². The Morgan fingerprint density at radius 1 is 1.20 bits per heavy atom. The molecule has 0 saturated carbocycles. The molecule has 0 aliphatic carbocycles.